The van der Waals surface area contributed by atoms with E-state index in [1.165, 1.54) is 49.4 Å². The van der Waals surface area contributed by atoms with Gasteiger partial charge in [-0.25, -0.2) is 0 Å². The van der Waals surface area contributed by atoms with Crippen molar-refractivity contribution in [3.05, 3.63) is 182 Å². The molecule has 3 aromatic heterocycles. The Bertz CT molecular complexity index is 3110. The molecule has 0 saturated heterocycles. The average Bonchev–Trinajstić information content (AvgIpc) is 3.86. The van der Waals surface area contributed by atoms with Crippen LogP contribution in [0.1, 0.15) is 0 Å². The van der Waals surface area contributed by atoms with Gasteiger partial charge in [0.05, 0.1) is 27.5 Å². The van der Waals surface area contributed by atoms with Crippen LogP contribution in [0.2, 0.25) is 0 Å². The van der Waals surface area contributed by atoms with Crippen LogP contribution < -0.4 is 0 Å². The van der Waals surface area contributed by atoms with Crippen LogP contribution in [0.4, 0.5) is 0 Å². The Hall–Kier alpha value is -6.84. The number of furan rings is 1. The molecule has 3 heterocycles. The van der Waals surface area contributed by atoms with Crippen LogP contribution in [0.3, 0.4) is 0 Å². The molecule has 0 fully saturated rings. The second-order valence-electron chi connectivity index (χ2n) is 13.3. The van der Waals surface area contributed by atoms with Crippen molar-refractivity contribution in [2.75, 3.05) is 0 Å². The Morgan fingerprint density at radius 3 is 1.71 bits per heavy atom. The van der Waals surface area contributed by atoms with Crippen molar-refractivity contribution in [3.63, 3.8) is 0 Å². The van der Waals surface area contributed by atoms with Gasteiger partial charge in [-0.05, 0) is 77.4 Å². The summed E-state index contributed by atoms with van der Waals surface area (Å²) in [6, 6.07) is 65.4. The van der Waals surface area contributed by atoms with Crippen LogP contribution >= 0.6 is 0 Å². The molecular weight excluding hydrogens is 621 g/mol. The zero-order valence-electron chi connectivity index (χ0n) is 27.6. The highest BCUT2D eigenvalue weighted by molar-refractivity contribution is 6.27. The lowest BCUT2D eigenvalue weighted by molar-refractivity contribution is 0.673. The summed E-state index contributed by atoms with van der Waals surface area (Å²) in [7, 11) is 0. The van der Waals surface area contributed by atoms with Gasteiger partial charge in [0.2, 0.25) is 0 Å². The molecule has 0 radical (unpaired) electrons. The van der Waals surface area contributed by atoms with Crippen molar-refractivity contribution in [2.45, 2.75) is 0 Å². The lowest BCUT2D eigenvalue weighted by atomic mass is 9.97. The van der Waals surface area contributed by atoms with Crippen LogP contribution in [0.25, 0.3) is 99.2 Å². The van der Waals surface area contributed by atoms with Gasteiger partial charge in [0.1, 0.15) is 11.2 Å². The number of rotatable bonds is 4. The van der Waals surface area contributed by atoms with E-state index < -0.39 is 0 Å². The first-order valence-corrected chi connectivity index (χ1v) is 17.4. The Balaban J connectivity index is 1.25. The molecule has 0 N–H and O–H groups in total. The molecule has 0 aliphatic carbocycles. The summed E-state index contributed by atoms with van der Waals surface area (Å²) in [6.45, 7) is 0. The second-order valence-corrected chi connectivity index (χ2v) is 13.3. The van der Waals surface area contributed by atoms with E-state index in [-0.39, 0.29) is 0 Å². The van der Waals surface area contributed by atoms with Gasteiger partial charge in [0.15, 0.2) is 0 Å². The predicted molar refractivity (Wildman–Crippen MR) is 213 cm³/mol. The molecule has 51 heavy (non-hydrogen) atoms. The first-order chi connectivity index (χ1) is 25.3. The largest absolute Gasteiger partial charge is 0.455 e. The molecule has 0 spiro atoms. The van der Waals surface area contributed by atoms with E-state index in [0.717, 1.165) is 49.7 Å². The molecule has 0 saturated carbocycles. The van der Waals surface area contributed by atoms with Crippen molar-refractivity contribution >= 4 is 65.6 Å². The molecule has 8 aromatic carbocycles. The molecule has 238 valence electrons. The monoisotopic (exact) mass is 650 g/mol. The number of para-hydroxylation sites is 4. The molecule has 0 atom stereocenters. The number of hydrogen-bond acceptors (Lipinski definition) is 1. The van der Waals surface area contributed by atoms with E-state index >= 15 is 0 Å². The first-order valence-electron chi connectivity index (χ1n) is 17.4. The van der Waals surface area contributed by atoms with Crippen molar-refractivity contribution in [1.82, 2.24) is 9.13 Å². The number of fused-ring (bicyclic) bond motifs is 10. The molecule has 11 aromatic rings. The van der Waals surface area contributed by atoms with E-state index in [4.69, 9.17) is 4.42 Å². The van der Waals surface area contributed by atoms with E-state index in [1.54, 1.807) is 0 Å². The summed E-state index contributed by atoms with van der Waals surface area (Å²) < 4.78 is 11.6. The van der Waals surface area contributed by atoms with Gasteiger partial charge in [0.25, 0.3) is 0 Å². The lowest BCUT2D eigenvalue weighted by Gasteiger charge is -2.14. The van der Waals surface area contributed by atoms with Crippen molar-refractivity contribution in [3.8, 4) is 33.6 Å². The SMILES string of the molecule is c1ccc(-c2ccc(-n3c4ccccc4c4c5oc6ccccc6c5cc(-c5ccc6c(c5)c5ccccc5n6-c5ccccc5)c43)cc2)cc1. The molecule has 3 heteroatoms. The summed E-state index contributed by atoms with van der Waals surface area (Å²) in [6.07, 6.45) is 0. The highest BCUT2D eigenvalue weighted by atomic mass is 16.3. The van der Waals surface area contributed by atoms with Crippen molar-refractivity contribution < 1.29 is 4.42 Å². The van der Waals surface area contributed by atoms with Crippen molar-refractivity contribution in [2.24, 2.45) is 0 Å². The Labute approximate surface area is 293 Å². The molecule has 0 unspecified atom stereocenters. The molecule has 0 aliphatic heterocycles. The number of aromatic nitrogens is 2. The second kappa shape index (κ2) is 10.8. The summed E-state index contributed by atoms with van der Waals surface area (Å²) in [5.74, 6) is 0. The fraction of sp³-hybridized carbons (Fsp3) is 0. The van der Waals surface area contributed by atoms with Gasteiger partial charge in [-0.1, -0.05) is 121 Å². The zero-order valence-corrected chi connectivity index (χ0v) is 27.6. The smallest absolute Gasteiger partial charge is 0.145 e. The van der Waals surface area contributed by atoms with Gasteiger partial charge < -0.3 is 13.6 Å². The quantitative estimate of drug-likeness (QED) is 0.186. The molecule has 11 rings (SSSR count). The highest BCUT2D eigenvalue weighted by Gasteiger charge is 2.23. The minimum atomic E-state index is 0.899. The summed E-state index contributed by atoms with van der Waals surface area (Å²) in [5, 5.41) is 7.03. The Morgan fingerprint density at radius 1 is 0.353 bits per heavy atom. The fourth-order valence-electron chi connectivity index (χ4n) is 8.25. The maximum absolute atomic E-state index is 6.75. The van der Waals surface area contributed by atoms with Gasteiger partial charge in [-0.3, -0.25) is 0 Å². The van der Waals surface area contributed by atoms with Gasteiger partial charge in [-0.15, -0.1) is 0 Å². The molecule has 0 bridgehead atoms. The summed E-state index contributed by atoms with van der Waals surface area (Å²) >= 11 is 0. The third kappa shape index (κ3) is 4.12. The van der Waals surface area contributed by atoms with Gasteiger partial charge in [-0.2, -0.15) is 0 Å². The minimum Gasteiger partial charge on any atom is -0.455 e. The third-order valence-electron chi connectivity index (χ3n) is 10.5. The topological polar surface area (TPSA) is 23.0 Å². The predicted octanol–water partition coefficient (Wildman–Crippen LogP) is 13.1. The van der Waals surface area contributed by atoms with Crippen LogP contribution in [0.5, 0.6) is 0 Å². The molecule has 0 aliphatic rings. The average molecular weight is 651 g/mol. The van der Waals surface area contributed by atoms with E-state index in [9.17, 15) is 0 Å². The van der Waals surface area contributed by atoms with Crippen LogP contribution in [0.15, 0.2) is 186 Å². The van der Waals surface area contributed by atoms with Gasteiger partial charge in [0, 0.05) is 43.9 Å². The summed E-state index contributed by atoms with van der Waals surface area (Å²) in [5.41, 5.74) is 13.5. The number of hydrogen-bond donors (Lipinski definition) is 0. The fourth-order valence-corrected chi connectivity index (χ4v) is 8.25. The van der Waals surface area contributed by atoms with Crippen molar-refractivity contribution in [1.29, 1.82) is 0 Å². The van der Waals surface area contributed by atoms with Gasteiger partial charge >= 0.3 is 0 Å². The van der Waals surface area contributed by atoms with Crippen LogP contribution in [-0.4, -0.2) is 9.13 Å². The number of nitrogens with zero attached hydrogens (tertiary/aromatic N) is 2. The Morgan fingerprint density at radius 2 is 0.922 bits per heavy atom. The van der Waals surface area contributed by atoms with Crippen LogP contribution in [-0.2, 0) is 0 Å². The molecular formula is C48H30N2O. The lowest BCUT2D eigenvalue weighted by Crippen LogP contribution is -1.96. The standard InChI is InChI=1S/C48H30N2O/c1-3-13-31(14-4-1)32-23-26-35(27-24-32)50-43-21-11-8-19-38(43)46-47(50)39(30-41-37-18-9-12-22-45(37)51-48(41)46)33-25-28-44-40(29-33)36-17-7-10-20-42(36)49(44)34-15-5-2-6-16-34/h1-30H. The molecule has 3 nitrogen and oxygen atoms in total. The molecule has 0 amide bonds. The van der Waals surface area contributed by atoms with E-state index in [0.29, 0.717) is 0 Å². The van der Waals surface area contributed by atoms with E-state index in [1.807, 2.05) is 0 Å². The maximum Gasteiger partial charge on any atom is 0.145 e. The zero-order chi connectivity index (χ0) is 33.5. The van der Waals surface area contributed by atoms with E-state index in [2.05, 4.69) is 191 Å². The van der Waals surface area contributed by atoms with Crippen LogP contribution in [0, 0.1) is 0 Å². The third-order valence-corrected chi connectivity index (χ3v) is 10.5. The maximum atomic E-state index is 6.75. The summed E-state index contributed by atoms with van der Waals surface area (Å²) in [4.78, 5) is 0. The normalized spacial score (nSPS) is 11.9. The minimum absolute atomic E-state index is 0.899. The highest BCUT2D eigenvalue weighted by Crippen LogP contribution is 2.46. The number of benzene rings is 8. The Kier molecular flexibility index (Phi) is 5.96. The first kappa shape index (κ1) is 28.0.